The molecule has 0 amide bonds. The van der Waals surface area contributed by atoms with Crippen molar-refractivity contribution in [2.75, 3.05) is 21.3 Å². The molecule has 0 bridgehead atoms. The lowest BCUT2D eigenvalue weighted by molar-refractivity contribution is 0.0468. The monoisotopic (exact) mass is 385 g/mol. The highest BCUT2D eigenvalue weighted by molar-refractivity contribution is 7.13. The van der Waals surface area contributed by atoms with E-state index in [1.54, 1.807) is 45.6 Å². The lowest BCUT2D eigenvalue weighted by Gasteiger charge is -2.10. The maximum atomic E-state index is 12.2. The SMILES string of the molecule is COc1ccc(C(=O)OCc2csc(-c3cccc(OC)c3OC)n2)cc1. The van der Waals surface area contributed by atoms with Gasteiger partial charge in [0.15, 0.2) is 11.5 Å². The molecule has 7 heteroatoms. The van der Waals surface area contributed by atoms with Gasteiger partial charge in [-0.25, -0.2) is 9.78 Å². The van der Waals surface area contributed by atoms with Gasteiger partial charge in [-0.3, -0.25) is 0 Å². The van der Waals surface area contributed by atoms with Crippen molar-refractivity contribution in [3.8, 4) is 27.8 Å². The van der Waals surface area contributed by atoms with Gasteiger partial charge in [0.2, 0.25) is 0 Å². The number of hydrogen-bond donors (Lipinski definition) is 0. The van der Waals surface area contributed by atoms with Crippen molar-refractivity contribution in [3.05, 3.63) is 59.1 Å². The summed E-state index contributed by atoms with van der Waals surface area (Å²) in [5.74, 6) is 1.53. The van der Waals surface area contributed by atoms with Crippen LogP contribution < -0.4 is 14.2 Å². The zero-order chi connectivity index (χ0) is 19.2. The van der Waals surface area contributed by atoms with Crippen molar-refractivity contribution < 1.29 is 23.7 Å². The van der Waals surface area contributed by atoms with Gasteiger partial charge in [0, 0.05) is 5.38 Å². The van der Waals surface area contributed by atoms with E-state index in [4.69, 9.17) is 18.9 Å². The van der Waals surface area contributed by atoms with Crippen molar-refractivity contribution >= 4 is 17.3 Å². The fourth-order valence-corrected chi connectivity index (χ4v) is 3.33. The minimum Gasteiger partial charge on any atom is -0.497 e. The first kappa shape index (κ1) is 18.7. The van der Waals surface area contributed by atoms with Crippen LogP contribution in [-0.2, 0) is 11.3 Å². The van der Waals surface area contributed by atoms with Gasteiger partial charge in [-0.2, -0.15) is 0 Å². The Labute approximate surface area is 161 Å². The minimum atomic E-state index is -0.411. The average Bonchev–Trinajstić information content (AvgIpc) is 3.20. The van der Waals surface area contributed by atoms with Crippen molar-refractivity contribution in [2.45, 2.75) is 6.61 Å². The highest BCUT2D eigenvalue weighted by Crippen LogP contribution is 2.39. The Bertz CT molecular complexity index is 920. The van der Waals surface area contributed by atoms with Gasteiger partial charge in [0.05, 0.1) is 38.2 Å². The summed E-state index contributed by atoms with van der Waals surface area (Å²) in [6.45, 7) is 0.0909. The molecule has 0 spiro atoms. The van der Waals surface area contributed by atoms with Crippen molar-refractivity contribution in [2.24, 2.45) is 0 Å². The van der Waals surface area contributed by atoms with E-state index in [1.165, 1.54) is 11.3 Å². The summed E-state index contributed by atoms with van der Waals surface area (Å²) < 4.78 is 21.2. The van der Waals surface area contributed by atoms with Crippen LogP contribution in [0.2, 0.25) is 0 Å². The number of carbonyl (C=O) groups excluding carboxylic acids is 1. The lowest BCUT2D eigenvalue weighted by atomic mass is 10.2. The number of thiazole rings is 1. The van der Waals surface area contributed by atoms with Crippen molar-refractivity contribution in [1.82, 2.24) is 4.98 Å². The summed E-state index contributed by atoms with van der Waals surface area (Å²) in [5.41, 5.74) is 1.96. The number of methoxy groups -OCH3 is 3. The zero-order valence-corrected chi connectivity index (χ0v) is 16.0. The van der Waals surface area contributed by atoms with Crippen molar-refractivity contribution in [1.29, 1.82) is 0 Å². The van der Waals surface area contributed by atoms with Gasteiger partial charge in [-0.1, -0.05) is 6.07 Å². The quantitative estimate of drug-likeness (QED) is 0.568. The van der Waals surface area contributed by atoms with Crippen LogP contribution in [0.25, 0.3) is 10.6 Å². The van der Waals surface area contributed by atoms with Crippen LogP contribution >= 0.6 is 11.3 Å². The minimum absolute atomic E-state index is 0.0909. The Hall–Kier alpha value is -3.06. The molecule has 0 aliphatic heterocycles. The molecule has 3 aromatic rings. The fraction of sp³-hybridized carbons (Fsp3) is 0.200. The molecule has 0 unspecified atom stereocenters. The third-order valence-electron chi connectivity index (χ3n) is 3.86. The van der Waals surface area contributed by atoms with E-state index in [0.29, 0.717) is 28.5 Å². The zero-order valence-electron chi connectivity index (χ0n) is 15.2. The van der Waals surface area contributed by atoms with Gasteiger partial charge >= 0.3 is 5.97 Å². The molecular weight excluding hydrogens is 366 g/mol. The van der Waals surface area contributed by atoms with Crippen LogP contribution in [0.3, 0.4) is 0 Å². The molecule has 0 saturated carbocycles. The third kappa shape index (κ3) is 4.20. The summed E-state index contributed by atoms with van der Waals surface area (Å²) in [6.07, 6.45) is 0. The summed E-state index contributed by atoms with van der Waals surface area (Å²) >= 11 is 1.45. The Balaban J connectivity index is 1.70. The Morgan fingerprint density at radius 2 is 1.78 bits per heavy atom. The van der Waals surface area contributed by atoms with E-state index in [1.807, 2.05) is 23.6 Å². The Morgan fingerprint density at radius 1 is 1.00 bits per heavy atom. The molecule has 0 aliphatic rings. The molecule has 0 N–H and O–H groups in total. The van der Waals surface area contributed by atoms with Crippen LogP contribution in [0.15, 0.2) is 47.8 Å². The summed E-state index contributed by atoms with van der Waals surface area (Å²) in [4.78, 5) is 16.7. The highest BCUT2D eigenvalue weighted by Gasteiger charge is 2.15. The lowest BCUT2D eigenvalue weighted by Crippen LogP contribution is -2.05. The molecule has 6 nitrogen and oxygen atoms in total. The topological polar surface area (TPSA) is 66.9 Å². The number of para-hydroxylation sites is 1. The third-order valence-corrected chi connectivity index (χ3v) is 4.79. The Kier molecular flexibility index (Phi) is 5.93. The molecule has 140 valence electrons. The summed E-state index contributed by atoms with van der Waals surface area (Å²) in [5, 5.41) is 2.62. The summed E-state index contributed by atoms with van der Waals surface area (Å²) in [7, 11) is 4.75. The molecule has 0 fully saturated rings. The molecule has 0 radical (unpaired) electrons. The number of rotatable bonds is 7. The number of benzene rings is 2. The first-order valence-corrected chi connectivity index (χ1v) is 9.01. The number of esters is 1. The standard InChI is InChI=1S/C20H19NO5S/c1-23-15-9-7-13(8-10-15)20(22)26-11-14-12-27-19(21-14)16-5-4-6-17(24-2)18(16)25-3/h4-10,12H,11H2,1-3H3. The van der Waals surface area contributed by atoms with E-state index in [2.05, 4.69) is 4.98 Å². The van der Waals surface area contributed by atoms with Gasteiger partial charge in [0.1, 0.15) is 17.4 Å². The molecule has 2 aromatic carbocycles. The summed E-state index contributed by atoms with van der Waals surface area (Å²) in [6, 6.07) is 12.4. The highest BCUT2D eigenvalue weighted by atomic mass is 32.1. The number of aromatic nitrogens is 1. The van der Waals surface area contributed by atoms with E-state index in [9.17, 15) is 4.79 Å². The van der Waals surface area contributed by atoms with Gasteiger partial charge in [-0.15, -0.1) is 11.3 Å². The number of hydrogen-bond acceptors (Lipinski definition) is 7. The van der Waals surface area contributed by atoms with E-state index < -0.39 is 5.97 Å². The predicted octanol–water partition coefficient (Wildman–Crippen LogP) is 4.19. The fourth-order valence-electron chi connectivity index (χ4n) is 2.50. The van der Waals surface area contributed by atoms with E-state index in [-0.39, 0.29) is 6.61 Å². The average molecular weight is 385 g/mol. The molecule has 3 rings (SSSR count). The number of carbonyl (C=O) groups is 1. The van der Waals surface area contributed by atoms with Crippen LogP contribution in [-0.4, -0.2) is 32.3 Å². The van der Waals surface area contributed by atoms with Crippen LogP contribution in [0.1, 0.15) is 16.1 Å². The second-order valence-corrected chi connectivity index (χ2v) is 6.35. The maximum Gasteiger partial charge on any atom is 0.338 e. The first-order valence-electron chi connectivity index (χ1n) is 8.13. The van der Waals surface area contributed by atoms with E-state index in [0.717, 1.165) is 10.6 Å². The van der Waals surface area contributed by atoms with Gasteiger partial charge in [0.25, 0.3) is 0 Å². The predicted molar refractivity (Wildman–Crippen MR) is 103 cm³/mol. The molecule has 1 aromatic heterocycles. The smallest absolute Gasteiger partial charge is 0.338 e. The second-order valence-electron chi connectivity index (χ2n) is 5.49. The Morgan fingerprint density at radius 3 is 2.44 bits per heavy atom. The molecule has 27 heavy (non-hydrogen) atoms. The molecular formula is C20H19NO5S. The van der Waals surface area contributed by atoms with Crippen LogP contribution in [0, 0.1) is 0 Å². The normalized spacial score (nSPS) is 10.3. The first-order chi connectivity index (χ1) is 13.2. The largest absolute Gasteiger partial charge is 0.497 e. The maximum absolute atomic E-state index is 12.2. The van der Waals surface area contributed by atoms with E-state index >= 15 is 0 Å². The second kappa shape index (κ2) is 8.55. The van der Waals surface area contributed by atoms with Crippen LogP contribution in [0.4, 0.5) is 0 Å². The molecule has 0 saturated heterocycles. The molecule has 0 aliphatic carbocycles. The molecule has 1 heterocycles. The van der Waals surface area contributed by atoms with Gasteiger partial charge in [-0.05, 0) is 36.4 Å². The van der Waals surface area contributed by atoms with Crippen LogP contribution in [0.5, 0.6) is 17.2 Å². The number of ether oxygens (including phenoxy) is 4. The molecule has 0 atom stereocenters. The number of nitrogens with zero attached hydrogens (tertiary/aromatic N) is 1. The van der Waals surface area contributed by atoms with Gasteiger partial charge < -0.3 is 18.9 Å². The van der Waals surface area contributed by atoms with Crippen molar-refractivity contribution in [3.63, 3.8) is 0 Å².